The molecule has 1 amide bonds. The molecule has 0 unspecified atom stereocenters. The highest BCUT2D eigenvalue weighted by Crippen LogP contribution is 2.22. The topological polar surface area (TPSA) is 266 Å². The smallest absolute Gasteiger partial charge is 0.338 e. The van der Waals surface area contributed by atoms with Gasteiger partial charge in [0, 0.05) is 24.5 Å². The van der Waals surface area contributed by atoms with E-state index in [0.717, 1.165) is 30.3 Å². The van der Waals surface area contributed by atoms with Gasteiger partial charge < -0.3 is 14.6 Å². The van der Waals surface area contributed by atoms with Gasteiger partial charge in [-0.1, -0.05) is 76.9 Å². The van der Waals surface area contributed by atoms with Crippen LogP contribution in [0.2, 0.25) is 10.3 Å². The number of carbonyl (C=O) groups is 2. The first-order chi connectivity index (χ1) is 29.2. The summed E-state index contributed by atoms with van der Waals surface area (Å²) in [6, 6.07) is 15.6. The summed E-state index contributed by atoms with van der Waals surface area (Å²) >= 11 is 11.9. The van der Waals surface area contributed by atoms with Crippen LogP contribution in [0.1, 0.15) is 62.3 Å². The van der Waals surface area contributed by atoms with Crippen LogP contribution in [-0.2, 0) is 20.0 Å². The Balaban J connectivity index is 0.000000233. The summed E-state index contributed by atoms with van der Waals surface area (Å²) in [6.07, 6.45) is 3.29. The number of sulfonamides is 2. The van der Waals surface area contributed by atoms with Crippen LogP contribution in [0.3, 0.4) is 0 Å². The third kappa shape index (κ3) is 15.3. The molecule has 0 fully saturated rings. The van der Waals surface area contributed by atoms with Crippen molar-refractivity contribution >= 4 is 55.1 Å². The van der Waals surface area contributed by atoms with Crippen LogP contribution in [-0.4, -0.2) is 86.5 Å². The summed E-state index contributed by atoms with van der Waals surface area (Å²) in [5.41, 5.74) is -0.241. The van der Waals surface area contributed by atoms with Gasteiger partial charge >= 0.3 is 5.97 Å². The highest BCUT2D eigenvalue weighted by atomic mass is 35.5. The first-order valence-electron chi connectivity index (χ1n) is 18.0. The molecule has 25 heteroatoms. The van der Waals surface area contributed by atoms with Crippen molar-refractivity contribution < 1.29 is 49.8 Å². The number of ether oxygens (including phenoxy) is 2. The fourth-order valence-corrected chi connectivity index (χ4v) is 6.23. The second kappa shape index (κ2) is 20.4. The molecule has 0 spiro atoms. The molecule has 0 atom stereocenters. The molecule has 0 bridgehead atoms. The molecule has 0 saturated heterocycles. The summed E-state index contributed by atoms with van der Waals surface area (Å²) in [5, 5.41) is 20.6. The van der Waals surface area contributed by atoms with Crippen molar-refractivity contribution in [1.29, 1.82) is 0 Å². The number of primary sulfonamides is 1. The van der Waals surface area contributed by atoms with E-state index in [-0.39, 0.29) is 32.3 Å². The Morgan fingerprint density at radius 2 is 1.11 bits per heavy atom. The van der Waals surface area contributed by atoms with Gasteiger partial charge in [0.1, 0.15) is 10.3 Å². The Hall–Kier alpha value is -6.14. The van der Waals surface area contributed by atoms with E-state index in [2.05, 4.69) is 56.0 Å². The molecule has 6 aromatic heterocycles. The summed E-state index contributed by atoms with van der Waals surface area (Å²) in [5.74, 6) is -2.43. The molecule has 336 valence electrons. The molecule has 0 aromatic carbocycles. The van der Waals surface area contributed by atoms with Crippen LogP contribution in [0.4, 0.5) is 8.78 Å². The van der Waals surface area contributed by atoms with Crippen molar-refractivity contribution in [2.45, 2.75) is 51.6 Å². The van der Waals surface area contributed by atoms with Crippen LogP contribution in [0, 0.1) is 22.7 Å². The number of nitrogens with two attached hydrogens (primary N) is 1. The quantitative estimate of drug-likeness (QED) is 0.127. The standard InChI is InChI=1S/C19H19ClFN5O4S.C14H16ClN3O3.C5H5FN2O2S/c1-19(2,3)11-30-15-9-10-26(24-15)14-8-7-12(17(20)23-14)18(27)25-31(28,29)16-6-4-5-13(21)22-16;1-14(2,3)8-21-11-6-7-18(17-11)10-5-4-9(13(19)20)12(15)16-10;6-4-2-1-3-5(8-4)11(7,9)10/h4-10H,11H2,1-3H3,(H,25,27);4-7H,8H2,1-3H3,(H,19,20);1-3H,(H2,7,9,10). The maximum atomic E-state index is 13.2. The zero-order chi connectivity index (χ0) is 46.9. The molecule has 19 nitrogen and oxygen atoms in total. The van der Waals surface area contributed by atoms with Crippen molar-refractivity contribution in [3.05, 3.63) is 119 Å². The van der Waals surface area contributed by atoms with Gasteiger partial charge in [0.05, 0.1) is 24.3 Å². The van der Waals surface area contributed by atoms with Gasteiger partial charge in [-0.05, 0) is 59.4 Å². The Morgan fingerprint density at radius 3 is 1.49 bits per heavy atom. The number of amides is 1. The molecule has 0 aliphatic rings. The van der Waals surface area contributed by atoms with Gasteiger partial charge in [0.25, 0.3) is 26.0 Å². The molecule has 0 saturated carbocycles. The SMILES string of the molecule is CC(C)(C)COc1ccn(-c2ccc(C(=O)NS(=O)(=O)c3cccc(F)n3)c(Cl)n2)n1.CC(C)(C)COc1ccn(-c2ccc(C(=O)O)c(Cl)n2)n1.NS(=O)(=O)c1cccc(F)n1. The van der Waals surface area contributed by atoms with Gasteiger partial charge in [0.15, 0.2) is 21.7 Å². The highest BCUT2D eigenvalue weighted by Gasteiger charge is 2.23. The van der Waals surface area contributed by atoms with E-state index >= 15 is 0 Å². The molecule has 4 N–H and O–H groups in total. The van der Waals surface area contributed by atoms with Crippen LogP contribution >= 0.6 is 23.2 Å². The Morgan fingerprint density at radius 1 is 0.683 bits per heavy atom. The lowest BCUT2D eigenvalue weighted by Gasteiger charge is -2.17. The predicted molar refractivity (Wildman–Crippen MR) is 224 cm³/mol. The number of carboxylic acid groups (broad SMARTS) is 1. The number of nitrogens with one attached hydrogen (secondary N) is 1. The highest BCUT2D eigenvalue weighted by molar-refractivity contribution is 7.90. The lowest BCUT2D eigenvalue weighted by atomic mass is 9.99. The Kier molecular flexibility index (Phi) is 16.0. The van der Waals surface area contributed by atoms with E-state index in [1.165, 1.54) is 39.7 Å². The number of halogens is 4. The zero-order valence-electron chi connectivity index (χ0n) is 34.2. The van der Waals surface area contributed by atoms with E-state index in [1.54, 1.807) is 29.2 Å². The van der Waals surface area contributed by atoms with E-state index in [4.69, 9.17) is 37.8 Å². The number of carbonyl (C=O) groups excluding carboxylic acids is 1. The Labute approximate surface area is 370 Å². The number of hydrogen-bond acceptors (Lipinski definition) is 14. The summed E-state index contributed by atoms with van der Waals surface area (Å²) in [4.78, 5) is 37.7. The van der Waals surface area contributed by atoms with Crippen LogP contribution in [0.5, 0.6) is 11.8 Å². The third-order valence-corrected chi connectivity index (χ3v) is 9.84. The number of pyridine rings is 4. The number of nitrogens with zero attached hydrogens (tertiary/aromatic N) is 8. The van der Waals surface area contributed by atoms with Crippen molar-refractivity contribution in [2.24, 2.45) is 16.0 Å². The molecule has 0 aliphatic carbocycles. The fraction of sp³-hybridized carbons (Fsp3) is 0.263. The molecule has 6 aromatic rings. The van der Waals surface area contributed by atoms with Crippen LogP contribution < -0.4 is 19.3 Å². The molecule has 63 heavy (non-hydrogen) atoms. The fourth-order valence-electron chi connectivity index (χ4n) is 4.35. The van der Waals surface area contributed by atoms with E-state index in [0.29, 0.717) is 36.6 Å². The lowest BCUT2D eigenvalue weighted by molar-refractivity contribution is 0.0696. The average Bonchev–Trinajstić information content (AvgIpc) is 3.86. The number of aromatic carboxylic acids is 1. The van der Waals surface area contributed by atoms with Crippen molar-refractivity contribution in [2.75, 3.05) is 13.2 Å². The Bertz CT molecular complexity index is 2820. The molecular formula is C38H40Cl2F2N10O9S2. The van der Waals surface area contributed by atoms with Crippen molar-refractivity contribution in [3.63, 3.8) is 0 Å². The first-order valence-corrected chi connectivity index (χ1v) is 21.8. The van der Waals surface area contributed by atoms with Crippen LogP contribution in [0.15, 0.2) is 95.2 Å². The number of carboxylic acids is 1. The molecule has 0 radical (unpaired) electrons. The van der Waals surface area contributed by atoms with Crippen molar-refractivity contribution in [3.8, 4) is 23.4 Å². The van der Waals surface area contributed by atoms with Gasteiger partial charge in [-0.2, -0.15) is 17.2 Å². The molecule has 6 rings (SSSR count). The van der Waals surface area contributed by atoms with Gasteiger partial charge in [-0.3, -0.25) is 4.79 Å². The second-order valence-electron chi connectivity index (χ2n) is 15.3. The minimum Gasteiger partial charge on any atom is -0.478 e. The first kappa shape index (κ1) is 49.5. The summed E-state index contributed by atoms with van der Waals surface area (Å²) in [7, 11) is -8.27. The van der Waals surface area contributed by atoms with Gasteiger partial charge in [-0.25, -0.2) is 52.4 Å². The minimum absolute atomic E-state index is 0.0362. The number of hydrogen-bond donors (Lipinski definition) is 3. The number of aromatic nitrogens is 8. The maximum Gasteiger partial charge on any atom is 0.338 e. The van der Waals surface area contributed by atoms with Crippen LogP contribution in [0.25, 0.3) is 11.6 Å². The zero-order valence-corrected chi connectivity index (χ0v) is 37.3. The summed E-state index contributed by atoms with van der Waals surface area (Å²) < 4.78 is 86.9. The minimum atomic E-state index is -4.40. The normalized spacial score (nSPS) is 11.7. The largest absolute Gasteiger partial charge is 0.478 e. The summed E-state index contributed by atoms with van der Waals surface area (Å²) in [6.45, 7) is 13.3. The molecule has 6 heterocycles. The van der Waals surface area contributed by atoms with Gasteiger partial charge in [0.2, 0.25) is 23.7 Å². The molecule has 0 aliphatic heterocycles. The predicted octanol–water partition coefficient (Wildman–Crippen LogP) is 5.91. The second-order valence-corrected chi connectivity index (χ2v) is 19.1. The third-order valence-electron chi connectivity index (χ3n) is 7.22. The monoisotopic (exact) mass is 952 g/mol. The number of rotatable bonds is 11. The van der Waals surface area contributed by atoms with E-state index in [9.17, 15) is 35.2 Å². The maximum absolute atomic E-state index is 13.2. The lowest BCUT2D eigenvalue weighted by Crippen LogP contribution is -2.31. The van der Waals surface area contributed by atoms with E-state index in [1.807, 2.05) is 20.8 Å². The molecular weight excluding hydrogens is 914 g/mol. The average molecular weight is 954 g/mol. The van der Waals surface area contributed by atoms with Crippen molar-refractivity contribution in [1.82, 2.24) is 44.2 Å². The van der Waals surface area contributed by atoms with Gasteiger partial charge in [-0.15, -0.1) is 10.2 Å². The van der Waals surface area contributed by atoms with E-state index < -0.39 is 53.9 Å².